The molecule has 8 aromatic heterocycles. The monoisotopic (exact) mass is 944 g/mol. The summed E-state index contributed by atoms with van der Waals surface area (Å²) in [4.78, 5) is 71.4. The van der Waals surface area contributed by atoms with Crippen LogP contribution >= 0.6 is 0 Å². The first kappa shape index (κ1) is 46.7. The van der Waals surface area contributed by atoms with Crippen molar-refractivity contribution < 1.29 is 9.59 Å². The standard InChI is InChI=1S/2C25H28N8O2/c2*1-15(2)31-9-7-18-12-22(30-33(18)14-24(31)35)29-21-11-17-10-20(28-25(26)19(17)13-27-21)16(3)32-8-5-4-6-23(32)34/h2*4-6,8,10-13,15-16H,7,9,14H2,1-3H3,(H2,26,28)(H,27,29,30)/t2*16-/m10/s1. The summed E-state index contributed by atoms with van der Waals surface area (Å²) >= 11 is 0. The Bertz CT molecular complexity index is 3170. The molecule has 10 rings (SSSR count). The average molecular weight is 945 g/mol. The van der Waals surface area contributed by atoms with Gasteiger partial charge < -0.3 is 41.0 Å². The highest BCUT2D eigenvalue weighted by Gasteiger charge is 2.26. The number of nitrogen functional groups attached to an aromatic ring is 2. The van der Waals surface area contributed by atoms with E-state index < -0.39 is 0 Å². The Morgan fingerprint density at radius 3 is 1.34 bits per heavy atom. The number of hydrogen-bond donors (Lipinski definition) is 4. The van der Waals surface area contributed by atoms with Gasteiger partial charge in [-0.1, -0.05) is 12.1 Å². The number of carbonyl (C=O) groups is 2. The fourth-order valence-electron chi connectivity index (χ4n) is 8.98. The van der Waals surface area contributed by atoms with Gasteiger partial charge in [-0.2, -0.15) is 10.2 Å². The van der Waals surface area contributed by atoms with E-state index in [1.807, 2.05) is 99.9 Å². The van der Waals surface area contributed by atoms with Gasteiger partial charge in [0.15, 0.2) is 11.6 Å². The van der Waals surface area contributed by atoms with Crippen LogP contribution in [-0.4, -0.2) is 95.4 Å². The van der Waals surface area contributed by atoms with E-state index in [0.717, 1.165) is 45.8 Å². The number of fused-ring (bicyclic) bond motifs is 4. The van der Waals surface area contributed by atoms with E-state index in [1.54, 1.807) is 55.4 Å². The second kappa shape index (κ2) is 19.3. The first-order valence-corrected chi connectivity index (χ1v) is 23.3. The lowest BCUT2D eigenvalue weighted by atomic mass is 10.1. The van der Waals surface area contributed by atoms with E-state index in [0.29, 0.717) is 59.4 Å². The van der Waals surface area contributed by atoms with Crippen molar-refractivity contribution in [2.24, 2.45) is 0 Å². The van der Waals surface area contributed by atoms with Gasteiger partial charge in [0, 0.05) is 109 Å². The van der Waals surface area contributed by atoms with Crippen molar-refractivity contribution >= 4 is 68.3 Å². The van der Waals surface area contributed by atoms with Crippen LogP contribution in [0.15, 0.2) is 107 Å². The zero-order chi connectivity index (χ0) is 49.4. The maximum absolute atomic E-state index is 12.6. The molecule has 0 unspecified atom stereocenters. The third-order valence-corrected chi connectivity index (χ3v) is 12.8. The summed E-state index contributed by atoms with van der Waals surface area (Å²) in [7, 11) is 0. The molecule has 70 heavy (non-hydrogen) atoms. The number of carbonyl (C=O) groups excluding carboxylic acids is 2. The van der Waals surface area contributed by atoms with Crippen molar-refractivity contribution in [2.45, 2.75) is 91.6 Å². The number of anilines is 6. The topological polar surface area (TPSA) is 248 Å². The number of amides is 2. The first-order chi connectivity index (χ1) is 33.6. The van der Waals surface area contributed by atoms with Crippen LogP contribution in [0.2, 0.25) is 0 Å². The average Bonchev–Trinajstić information content (AvgIpc) is 3.79. The number of pyridine rings is 6. The molecule has 360 valence electrons. The van der Waals surface area contributed by atoms with Crippen molar-refractivity contribution in [3.63, 3.8) is 0 Å². The Morgan fingerprint density at radius 2 is 0.957 bits per heavy atom. The van der Waals surface area contributed by atoms with Crippen LogP contribution in [0.5, 0.6) is 0 Å². The third kappa shape index (κ3) is 9.65. The summed E-state index contributed by atoms with van der Waals surface area (Å²) in [5.41, 5.74) is 15.6. The van der Waals surface area contributed by atoms with Crippen molar-refractivity contribution in [3.05, 3.63) is 141 Å². The van der Waals surface area contributed by atoms with Crippen LogP contribution in [0.3, 0.4) is 0 Å². The minimum atomic E-state index is -0.285. The fourth-order valence-corrected chi connectivity index (χ4v) is 8.98. The molecule has 8 aromatic rings. The van der Waals surface area contributed by atoms with Crippen LogP contribution in [0.1, 0.15) is 76.4 Å². The molecule has 0 bridgehead atoms. The molecule has 2 atom stereocenters. The predicted octanol–water partition coefficient (Wildman–Crippen LogP) is 5.43. The number of nitrogens with one attached hydrogen (secondary N) is 2. The first-order valence-electron chi connectivity index (χ1n) is 23.3. The lowest BCUT2D eigenvalue weighted by molar-refractivity contribution is -0.134. The largest absolute Gasteiger partial charge is 0.383 e. The highest BCUT2D eigenvalue weighted by molar-refractivity contribution is 5.93. The molecule has 0 aliphatic carbocycles. The molecule has 0 saturated heterocycles. The second-order valence-corrected chi connectivity index (χ2v) is 18.2. The maximum atomic E-state index is 12.6. The number of aromatic nitrogens is 10. The molecule has 20 heteroatoms. The Labute approximate surface area is 403 Å². The molecule has 0 radical (unpaired) electrons. The zero-order valence-electron chi connectivity index (χ0n) is 39.9. The van der Waals surface area contributed by atoms with E-state index in [1.165, 1.54) is 12.1 Å². The van der Waals surface area contributed by atoms with Crippen LogP contribution in [0.4, 0.5) is 34.9 Å². The molecule has 0 fully saturated rings. The minimum Gasteiger partial charge on any atom is -0.383 e. The van der Waals surface area contributed by atoms with Crippen LogP contribution in [-0.2, 0) is 35.5 Å². The SMILES string of the molecule is CC(C)N1CCc2cc(Nc3cc4cc([C@@H](C)n5ccccc5=O)nc(N)c4cn3)nn2CC1=O.CC(C)N1CCc2cc(Nc3cc4cc([C@H](C)n5ccccc5=O)nc(N)c4cn3)nn2CC1=O. The normalized spacial score (nSPS) is 14.7. The highest BCUT2D eigenvalue weighted by Crippen LogP contribution is 2.29. The van der Waals surface area contributed by atoms with Crippen LogP contribution < -0.4 is 33.2 Å². The smallest absolute Gasteiger partial charge is 0.251 e. The molecule has 6 N–H and O–H groups in total. The molecule has 0 aromatic carbocycles. The second-order valence-electron chi connectivity index (χ2n) is 18.2. The molecule has 2 amide bonds. The van der Waals surface area contributed by atoms with Crippen LogP contribution in [0, 0.1) is 0 Å². The summed E-state index contributed by atoms with van der Waals surface area (Å²) in [6.07, 6.45) is 8.31. The minimum absolute atomic E-state index is 0.0689. The van der Waals surface area contributed by atoms with E-state index in [9.17, 15) is 19.2 Å². The Balaban J connectivity index is 0.000000174. The van der Waals surface area contributed by atoms with E-state index in [2.05, 4.69) is 40.8 Å². The van der Waals surface area contributed by atoms with Gasteiger partial charge in [-0.15, -0.1) is 0 Å². The Hall–Kier alpha value is -8.42. The molecule has 2 aliphatic heterocycles. The van der Waals surface area contributed by atoms with Gasteiger partial charge in [-0.05, 0) is 88.7 Å². The summed E-state index contributed by atoms with van der Waals surface area (Å²) in [6, 6.07) is 21.4. The van der Waals surface area contributed by atoms with Crippen molar-refractivity contribution in [1.82, 2.24) is 58.4 Å². The van der Waals surface area contributed by atoms with Crippen molar-refractivity contribution in [2.75, 3.05) is 35.2 Å². The predicted molar refractivity (Wildman–Crippen MR) is 269 cm³/mol. The molecule has 2 aliphatic rings. The highest BCUT2D eigenvalue weighted by atomic mass is 16.2. The van der Waals surface area contributed by atoms with E-state index >= 15 is 0 Å². The summed E-state index contributed by atoms with van der Waals surface area (Å²) < 4.78 is 6.75. The van der Waals surface area contributed by atoms with Gasteiger partial charge in [-0.25, -0.2) is 19.9 Å². The summed E-state index contributed by atoms with van der Waals surface area (Å²) in [6.45, 7) is 13.7. The number of rotatable bonds is 10. The number of nitrogens with zero attached hydrogens (tertiary/aromatic N) is 12. The summed E-state index contributed by atoms with van der Waals surface area (Å²) in [5.74, 6) is 3.31. The lowest BCUT2D eigenvalue weighted by Crippen LogP contribution is -2.38. The Morgan fingerprint density at radius 1 is 0.543 bits per heavy atom. The molecule has 0 spiro atoms. The van der Waals surface area contributed by atoms with Gasteiger partial charge in [-0.3, -0.25) is 28.5 Å². The quantitative estimate of drug-likeness (QED) is 0.134. The number of hydrogen-bond acceptors (Lipinski definition) is 14. The fraction of sp³-hybridized carbons (Fsp3) is 0.320. The third-order valence-electron chi connectivity index (χ3n) is 12.8. The van der Waals surface area contributed by atoms with Gasteiger partial charge in [0.1, 0.15) is 36.4 Å². The van der Waals surface area contributed by atoms with E-state index in [4.69, 9.17) is 11.5 Å². The molecular weight excluding hydrogens is 889 g/mol. The van der Waals surface area contributed by atoms with Gasteiger partial charge >= 0.3 is 0 Å². The molecule has 10 heterocycles. The zero-order valence-corrected chi connectivity index (χ0v) is 39.9. The van der Waals surface area contributed by atoms with Crippen LogP contribution in [0.25, 0.3) is 21.5 Å². The molecule has 20 nitrogen and oxygen atoms in total. The molecular formula is C50H56N16O4. The molecule has 0 saturated carbocycles. The Kier molecular flexibility index (Phi) is 12.9. The van der Waals surface area contributed by atoms with Crippen molar-refractivity contribution in [1.29, 1.82) is 0 Å². The number of nitrogens with two attached hydrogens (primary N) is 2. The lowest BCUT2D eigenvalue weighted by Gasteiger charge is -2.24. The van der Waals surface area contributed by atoms with Gasteiger partial charge in [0.25, 0.3) is 11.1 Å². The van der Waals surface area contributed by atoms with Gasteiger partial charge in [0.05, 0.1) is 23.5 Å². The van der Waals surface area contributed by atoms with E-state index in [-0.39, 0.29) is 60.2 Å². The summed E-state index contributed by atoms with van der Waals surface area (Å²) in [5, 5.41) is 18.8. The van der Waals surface area contributed by atoms with Crippen molar-refractivity contribution in [3.8, 4) is 0 Å². The maximum Gasteiger partial charge on any atom is 0.251 e. The van der Waals surface area contributed by atoms with Gasteiger partial charge in [0.2, 0.25) is 11.8 Å².